The highest BCUT2D eigenvalue weighted by molar-refractivity contribution is 8.18. The van der Waals surface area contributed by atoms with Gasteiger partial charge in [0.15, 0.2) is 17.3 Å². The Labute approximate surface area is 195 Å². The van der Waals surface area contributed by atoms with Gasteiger partial charge in [-0.05, 0) is 41.6 Å². The van der Waals surface area contributed by atoms with Crippen molar-refractivity contribution in [2.45, 2.75) is 12.8 Å². The number of rotatable bonds is 10. The van der Waals surface area contributed by atoms with Crippen LogP contribution in [-0.2, 0) is 9.59 Å². The highest BCUT2D eigenvalue weighted by atomic mass is 32.2. The summed E-state index contributed by atoms with van der Waals surface area (Å²) >= 11 is 0.875. The molecule has 1 aliphatic rings. The van der Waals surface area contributed by atoms with E-state index >= 15 is 0 Å². The molecule has 1 aliphatic heterocycles. The van der Waals surface area contributed by atoms with Crippen LogP contribution in [-0.4, -0.2) is 55.0 Å². The molecule has 0 aromatic heterocycles. The van der Waals surface area contributed by atoms with Gasteiger partial charge in [0, 0.05) is 31.5 Å². The van der Waals surface area contributed by atoms with Gasteiger partial charge in [-0.2, -0.15) is 0 Å². The van der Waals surface area contributed by atoms with Crippen LogP contribution >= 0.6 is 11.8 Å². The van der Waals surface area contributed by atoms with E-state index in [1.165, 1.54) is 14.2 Å². The molecule has 33 heavy (non-hydrogen) atoms. The summed E-state index contributed by atoms with van der Waals surface area (Å²) < 4.78 is 10.3. The molecule has 8 nitrogen and oxygen atoms in total. The molecule has 1 fully saturated rings. The third-order valence-electron chi connectivity index (χ3n) is 4.91. The number of methoxy groups -OCH3 is 2. The van der Waals surface area contributed by atoms with Crippen molar-refractivity contribution >= 4 is 40.7 Å². The van der Waals surface area contributed by atoms with Gasteiger partial charge in [0.2, 0.25) is 5.91 Å². The van der Waals surface area contributed by atoms with Crippen LogP contribution in [0.1, 0.15) is 28.8 Å². The Morgan fingerprint density at radius 3 is 2.42 bits per heavy atom. The number of ether oxygens (including phenoxy) is 2. The van der Waals surface area contributed by atoms with Gasteiger partial charge < -0.3 is 14.8 Å². The molecule has 3 amide bonds. The number of amides is 3. The second-order valence-corrected chi connectivity index (χ2v) is 8.08. The first-order valence-corrected chi connectivity index (χ1v) is 11.1. The van der Waals surface area contributed by atoms with Gasteiger partial charge in [0.1, 0.15) is 0 Å². The van der Waals surface area contributed by atoms with E-state index in [0.29, 0.717) is 22.0 Å². The van der Waals surface area contributed by atoms with Gasteiger partial charge >= 0.3 is 0 Å². The van der Waals surface area contributed by atoms with E-state index in [9.17, 15) is 19.2 Å². The summed E-state index contributed by atoms with van der Waals surface area (Å²) in [5, 5.41) is 2.28. The number of imide groups is 1. The lowest BCUT2D eigenvalue weighted by molar-refractivity contribution is -0.124. The van der Waals surface area contributed by atoms with Crippen LogP contribution in [0.2, 0.25) is 0 Å². The molecule has 0 saturated carbocycles. The molecule has 0 aliphatic carbocycles. The van der Waals surface area contributed by atoms with Crippen molar-refractivity contribution in [2.75, 3.05) is 27.3 Å². The zero-order chi connectivity index (χ0) is 23.8. The Morgan fingerprint density at radius 2 is 1.73 bits per heavy atom. The SMILES string of the molecule is COc1ccc(C(=O)CCC(=O)NCCN2C(=O)S/C(=C/c3ccccc3)C2=O)cc1OC. The van der Waals surface area contributed by atoms with Gasteiger partial charge in [0.25, 0.3) is 11.1 Å². The predicted molar refractivity (Wildman–Crippen MR) is 125 cm³/mol. The van der Waals surface area contributed by atoms with E-state index in [2.05, 4.69) is 5.32 Å². The number of benzene rings is 2. The Hall–Kier alpha value is -3.59. The number of ketones is 1. The number of carbonyl (C=O) groups excluding carboxylic acids is 4. The van der Waals surface area contributed by atoms with Gasteiger partial charge in [-0.25, -0.2) is 0 Å². The molecule has 3 rings (SSSR count). The van der Waals surface area contributed by atoms with E-state index in [4.69, 9.17) is 9.47 Å². The van der Waals surface area contributed by atoms with E-state index in [-0.39, 0.29) is 48.8 Å². The minimum absolute atomic E-state index is 0.0109. The summed E-state index contributed by atoms with van der Waals surface area (Å²) in [5.74, 6) is 0.0227. The van der Waals surface area contributed by atoms with Crippen LogP contribution in [0, 0.1) is 0 Å². The Balaban J connectivity index is 1.46. The Bertz CT molecular complexity index is 1080. The van der Waals surface area contributed by atoms with Gasteiger partial charge in [-0.1, -0.05) is 30.3 Å². The topological polar surface area (TPSA) is 102 Å². The summed E-state index contributed by atoms with van der Waals surface area (Å²) in [6.07, 6.45) is 1.68. The highest BCUT2D eigenvalue weighted by Crippen LogP contribution is 2.32. The van der Waals surface area contributed by atoms with Gasteiger partial charge in [-0.15, -0.1) is 0 Å². The number of nitrogens with one attached hydrogen (secondary N) is 1. The largest absolute Gasteiger partial charge is 0.493 e. The highest BCUT2D eigenvalue weighted by Gasteiger charge is 2.34. The third-order valence-corrected chi connectivity index (χ3v) is 5.82. The lowest BCUT2D eigenvalue weighted by Crippen LogP contribution is -2.37. The molecule has 0 radical (unpaired) electrons. The van der Waals surface area contributed by atoms with Crippen molar-refractivity contribution in [1.82, 2.24) is 10.2 Å². The van der Waals surface area contributed by atoms with Crippen molar-refractivity contribution < 1.29 is 28.7 Å². The Morgan fingerprint density at radius 1 is 1.00 bits per heavy atom. The molecular formula is C24H24N2O6S. The quantitative estimate of drug-likeness (QED) is 0.420. The fraction of sp³-hybridized carbons (Fsp3) is 0.250. The van der Waals surface area contributed by atoms with E-state index < -0.39 is 0 Å². The minimum atomic E-state index is -0.383. The van der Waals surface area contributed by atoms with Gasteiger partial charge in [0.05, 0.1) is 19.1 Å². The van der Waals surface area contributed by atoms with Crippen LogP contribution in [0.3, 0.4) is 0 Å². The van der Waals surface area contributed by atoms with Crippen LogP contribution in [0.5, 0.6) is 11.5 Å². The maximum atomic E-state index is 12.5. The zero-order valence-corrected chi connectivity index (χ0v) is 19.1. The Kier molecular flexibility index (Phi) is 8.26. The summed E-state index contributed by atoms with van der Waals surface area (Å²) in [6.45, 7) is 0.173. The van der Waals surface area contributed by atoms with Crippen LogP contribution in [0.15, 0.2) is 53.4 Å². The smallest absolute Gasteiger partial charge is 0.293 e. The summed E-state index contributed by atoms with van der Waals surface area (Å²) in [5.41, 5.74) is 1.25. The molecule has 0 unspecified atom stereocenters. The average molecular weight is 469 g/mol. The van der Waals surface area contributed by atoms with Crippen molar-refractivity contribution in [3.8, 4) is 11.5 Å². The van der Waals surface area contributed by atoms with Crippen molar-refractivity contribution in [3.05, 3.63) is 64.6 Å². The number of Topliss-reactive ketones (excluding diaryl/α,β-unsaturated/α-hetero) is 1. The number of hydrogen-bond donors (Lipinski definition) is 1. The fourth-order valence-electron chi connectivity index (χ4n) is 3.17. The number of thioether (sulfide) groups is 1. The first kappa shape index (κ1) is 24.1. The summed E-state index contributed by atoms with van der Waals surface area (Å²) in [7, 11) is 2.99. The normalized spacial score (nSPS) is 14.5. The molecule has 0 spiro atoms. The van der Waals surface area contributed by atoms with Crippen molar-refractivity contribution in [1.29, 1.82) is 0 Å². The molecule has 2 aromatic rings. The molecule has 1 N–H and O–H groups in total. The number of nitrogens with zero attached hydrogens (tertiary/aromatic N) is 1. The molecule has 172 valence electrons. The molecular weight excluding hydrogens is 444 g/mol. The molecule has 2 aromatic carbocycles. The van der Waals surface area contributed by atoms with Crippen molar-refractivity contribution in [3.63, 3.8) is 0 Å². The maximum Gasteiger partial charge on any atom is 0.293 e. The van der Waals surface area contributed by atoms with Crippen molar-refractivity contribution in [2.24, 2.45) is 0 Å². The monoisotopic (exact) mass is 468 g/mol. The predicted octanol–water partition coefficient (Wildman–Crippen LogP) is 3.52. The number of carbonyl (C=O) groups is 4. The number of hydrogen-bond acceptors (Lipinski definition) is 7. The minimum Gasteiger partial charge on any atom is -0.493 e. The first-order chi connectivity index (χ1) is 15.9. The van der Waals surface area contributed by atoms with Crippen LogP contribution < -0.4 is 14.8 Å². The lowest BCUT2D eigenvalue weighted by atomic mass is 10.1. The fourth-order valence-corrected chi connectivity index (χ4v) is 4.04. The van der Waals surface area contributed by atoms with E-state index in [1.807, 2.05) is 30.3 Å². The average Bonchev–Trinajstić information content (AvgIpc) is 3.09. The summed E-state index contributed by atoms with van der Waals surface area (Å²) in [6, 6.07) is 14.1. The van der Waals surface area contributed by atoms with Gasteiger partial charge in [-0.3, -0.25) is 24.1 Å². The molecule has 1 saturated heterocycles. The zero-order valence-electron chi connectivity index (χ0n) is 18.3. The molecule has 1 heterocycles. The van der Waals surface area contributed by atoms with E-state index in [0.717, 1.165) is 22.2 Å². The first-order valence-electron chi connectivity index (χ1n) is 10.2. The molecule has 9 heteroatoms. The second kappa shape index (κ2) is 11.3. The third kappa shape index (κ3) is 6.23. The maximum absolute atomic E-state index is 12.5. The van der Waals surface area contributed by atoms with E-state index in [1.54, 1.807) is 24.3 Å². The van der Waals surface area contributed by atoms with Crippen LogP contribution in [0.4, 0.5) is 4.79 Å². The summed E-state index contributed by atoms with van der Waals surface area (Å²) in [4.78, 5) is 50.7. The van der Waals surface area contributed by atoms with Crippen LogP contribution in [0.25, 0.3) is 6.08 Å². The second-order valence-electron chi connectivity index (χ2n) is 7.09. The molecule has 0 atom stereocenters. The lowest BCUT2D eigenvalue weighted by Gasteiger charge is -2.13. The standard InChI is InChI=1S/C24H24N2O6S/c1-31-19-10-8-17(15-20(19)32-2)18(27)9-11-22(28)25-12-13-26-23(29)21(33-24(26)30)14-16-6-4-3-5-7-16/h3-8,10,14-15H,9,11-13H2,1-2H3,(H,25,28)/b21-14+. The molecule has 0 bridgehead atoms.